The summed E-state index contributed by atoms with van der Waals surface area (Å²) in [6.07, 6.45) is 1.84. The monoisotopic (exact) mass is 446 g/mol. The fraction of sp³-hybridized carbons (Fsp3) is 0.0417. The van der Waals surface area contributed by atoms with Crippen molar-refractivity contribution < 1.29 is 31.1 Å². The van der Waals surface area contributed by atoms with E-state index in [1.165, 1.54) is 0 Å². The maximum absolute atomic E-state index is 12.6. The Morgan fingerprint density at radius 3 is 2.00 bits per heavy atom. The summed E-state index contributed by atoms with van der Waals surface area (Å²) in [6.45, 7) is 0.234. The Kier molecular flexibility index (Phi) is 6.52. The average molecular weight is 447 g/mol. The van der Waals surface area contributed by atoms with Crippen molar-refractivity contribution >= 4 is 28.3 Å². The van der Waals surface area contributed by atoms with Crippen molar-refractivity contribution in [2.45, 2.75) is 6.54 Å². The van der Waals surface area contributed by atoms with E-state index in [9.17, 15) is 9.59 Å². The Labute approximate surface area is 179 Å². The molecule has 1 heterocycles. The zero-order valence-corrected chi connectivity index (χ0v) is 17.2. The molecule has 0 saturated carbocycles. The summed E-state index contributed by atoms with van der Waals surface area (Å²) in [7, 11) is 0. The van der Waals surface area contributed by atoms with Gasteiger partial charge in [0.25, 0.3) is 5.91 Å². The summed E-state index contributed by atoms with van der Waals surface area (Å²) in [5.74, 6) is -0.124. The number of carbonyl (C=O) groups excluding carboxylic acids is 2. The molecule has 0 saturated heterocycles. The number of halogens is 1. The van der Waals surface area contributed by atoms with Crippen molar-refractivity contribution in [2.24, 2.45) is 0 Å². The van der Waals surface area contributed by atoms with Gasteiger partial charge in [0.1, 0.15) is 0 Å². The third-order valence-electron chi connectivity index (χ3n) is 4.62. The van der Waals surface area contributed by atoms with Crippen LogP contribution in [0.4, 0.5) is 5.69 Å². The van der Waals surface area contributed by atoms with Gasteiger partial charge in [0.05, 0.1) is 11.1 Å². The van der Waals surface area contributed by atoms with E-state index in [1.807, 2.05) is 89.6 Å². The summed E-state index contributed by atoms with van der Waals surface area (Å²) in [6, 6.07) is 27.9. The highest BCUT2D eigenvalue weighted by Crippen LogP contribution is 2.21. The largest absolute Gasteiger partial charge is 1.00 e. The predicted octanol–water partition coefficient (Wildman–Crippen LogP) is 1.27. The molecule has 4 aromatic rings. The van der Waals surface area contributed by atoms with Gasteiger partial charge in [-0.05, 0) is 18.2 Å². The molecule has 4 rings (SSSR count). The molecule has 0 spiro atoms. The van der Waals surface area contributed by atoms with E-state index in [0.29, 0.717) is 16.8 Å². The van der Waals surface area contributed by atoms with Crippen molar-refractivity contribution in [3.05, 3.63) is 108 Å². The molecule has 0 atom stereocenters. The molecule has 1 aromatic heterocycles. The molecule has 29 heavy (non-hydrogen) atoms. The number of aromatic nitrogens is 1. The minimum atomic E-state index is -0.163. The number of nitrogens with one attached hydrogen (secondary N) is 1. The lowest BCUT2D eigenvalue weighted by molar-refractivity contribution is -0.657. The molecule has 4 nitrogen and oxygen atoms in total. The molecule has 0 bridgehead atoms. The van der Waals surface area contributed by atoms with Crippen LogP contribution in [-0.4, -0.2) is 11.7 Å². The molecular weight excluding hydrogens is 428 g/mol. The second-order valence-corrected chi connectivity index (χ2v) is 6.48. The Balaban J connectivity index is 0.00000240. The van der Waals surface area contributed by atoms with Crippen LogP contribution in [0.25, 0.3) is 10.9 Å². The summed E-state index contributed by atoms with van der Waals surface area (Å²) in [5.41, 5.74) is 2.88. The van der Waals surface area contributed by atoms with Gasteiger partial charge in [0, 0.05) is 23.3 Å². The summed E-state index contributed by atoms with van der Waals surface area (Å²) >= 11 is 0. The summed E-state index contributed by atoms with van der Waals surface area (Å²) in [5, 5.41) is 3.86. The first-order valence-corrected chi connectivity index (χ1v) is 9.08. The molecule has 1 N–H and O–H groups in total. The van der Waals surface area contributed by atoms with E-state index in [4.69, 9.17) is 0 Å². The van der Waals surface area contributed by atoms with E-state index in [-0.39, 0.29) is 35.2 Å². The first-order valence-electron chi connectivity index (χ1n) is 9.08. The van der Waals surface area contributed by atoms with Crippen LogP contribution in [0.3, 0.4) is 0 Å². The van der Waals surface area contributed by atoms with Gasteiger partial charge in [0.2, 0.25) is 17.8 Å². The predicted molar refractivity (Wildman–Crippen MR) is 109 cm³/mol. The van der Waals surface area contributed by atoms with Crippen LogP contribution in [0.15, 0.2) is 97.2 Å². The van der Waals surface area contributed by atoms with Crippen LogP contribution in [0.1, 0.15) is 20.7 Å². The lowest BCUT2D eigenvalue weighted by atomic mass is 10.1. The lowest BCUT2D eigenvalue weighted by Gasteiger charge is -2.09. The van der Waals surface area contributed by atoms with Gasteiger partial charge in [-0.2, -0.15) is 4.57 Å². The molecule has 0 fully saturated rings. The fourth-order valence-electron chi connectivity index (χ4n) is 3.19. The number of nitrogens with zero attached hydrogens (tertiary/aromatic N) is 1. The number of benzene rings is 3. The second kappa shape index (κ2) is 9.26. The van der Waals surface area contributed by atoms with E-state index >= 15 is 0 Å². The van der Waals surface area contributed by atoms with Crippen molar-refractivity contribution in [2.75, 3.05) is 5.32 Å². The quantitative estimate of drug-likeness (QED) is 0.370. The topological polar surface area (TPSA) is 50.0 Å². The van der Waals surface area contributed by atoms with Crippen LogP contribution >= 0.6 is 0 Å². The first kappa shape index (κ1) is 20.4. The van der Waals surface area contributed by atoms with E-state index in [0.717, 1.165) is 10.9 Å². The van der Waals surface area contributed by atoms with Gasteiger partial charge in [-0.3, -0.25) is 9.59 Å². The number of hydrogen-bond acceptors (Lipinski definition) is 2. The van der Waals surface area contributed by atoms with Crippen molar-refractivity contribution in [1.29, 1.82) is 0 Å². The number of carbonyl (C=O) groups is 2. The zero-order valence-electron chi connectivity index (χ0n) is 15.6. The lowest BCUT2D eigenvalue weighted by Crippen LogP contribution is -3.00. The summed E-state index contributed by atoms with van der Waals surface area (Å²) < 4.78 is 1.91. The van der Waals surface area contributed by atoms with E-state index < -0.39 is 0 Å². The first-order chi connectivity index (χ1) is 13.7. The standard InChI is InChI=1S/C24H18N2O2.BrH/c27-23(18-9-3-1-4-10-18)17-26-16-15-21(20-13-7-8-14-22(20)26)25-24(28)19-11-5-2-6-12-19;/h1-16H,17H2;1H. The average Bonchev–Trinajstić information content (AvgIpc) is 2.76. The van der Waals surface area contributed by atoms with Crippen molar-refractivity contribution in [1.82, 2.24) is 0 Å². The molecule has 0 aliphatic rings. The van der Waals surface area contributed by atoms with Gasteiger partial charge in [-0.25, -0.2) is 0 Å². The number of fused-ring (bicyclic) bond motifs is 1. The second-order valence-electron chi connectivity index (χ2n) is 6.48. The molecule has 0 radical (unpaired) electrons. The fourth-order valence-corrected chi connectivity index (χ4v) is 3.19. The van der Waals surface area contributed by atoms with Crippen molar-refractivity contribution in [3.8, 4) is 0 Å². The van der Waals surface area contributed by atoms with Crippen molar-refractivity contribution in [3.63, 3.8) is 0 Å². The number of anilines is 1. The molecule has 3 aromatic carbocycles. The number of hydrogen-bond donors (Lipinski definition) is 1. The van der Waals surface area contributed by atoms with Gasteiger partial charge < -0.3 is 22.3 Å². The Morgan fingerprint density at radius 2 is 1.31 bits per heavy atom. The van der Waals surface area contributed by atoms with E-state index in [2.05, 4.69) is 5.32 Å². The van der Waals surface area contributed by atoms with E-state index in [1.54, 1.807) is 12.1 Å². The molecular formula is C24H19BrN2O2. The minimum absolute atomic E-state index is 0. The number of Topliss-reactive ketones (excluding diaryl/α,β-unsaturated/α-hetero) is 1. The highest BCUT2D eigenvalue weighted by Gasteiger charge is 2.18. The molecule has 0 unspecified atom stereocenters. The highest BCUT2D eigenvalue weighted by atomic mass is 79.9. The number of para-hydroxylation sites is 1. The van der Waals surface area contributed by atoms with Crippen LogP contribution in [0.5, 0.6) is 0 Å². The van der Waals surface area contributed by atoms with Gasteiger partial charge in [0.15, 0.2) is 6.20 Å². The Bertz CT molecular complexity index is 1050. The third kappa shape index (κ3) is 4.58. The normalized spacial score (nSPS) is 10.2. The number of pyridine rings is 1. The Morgan fingerprint density at radius 1 is 0.724 bits per heavy atom. The van der Waals surface area contributed by atoms with Gasteiger partial charge in [-0.15, -0.1) is 0 Å². The molecule has 0 aliphatic heterocycles. The molecule has 5 heteroatoms. The third-order valence-corrected chi connectivity index (χ3v) is 4.62. The van der Waals surface area contributed by atoms with Gasteiger partial charge >= 0.3 is 0 Å². The zero-order chi connectivity index (χ0) is 19.3. The molecule has 144 valence electrons. The minimum Gasteiger partial charge on any atom is -1.00 e. The van der Waals surface area contributed by atoms with Crippen LogP contribution < -0.4 is 26.9 Å². The smallest absolute Gasteiger partial charge is 0.255 e. The maximum atomic E-state index is 12.6. The van der Waals surface area contributed by atoms with Gasteiger partial charge in [-0.1, -0.05) is 60.7 Å². The summed E-state index contributed by atoms with van der Waals surface area (Å²) in [4.78, 5) is 25.1. The van der Waals surface area contributed by atoms with Crippen LogP contribution in [-0.2, 0) is 6.54 Å². The SMILES string of the molecule is O=C(C[n+]1ccc(NC(=O)c2ccccc2)c2ccccc21)c1ccccc1.[Br-]. The molecule has 0 aliphatic carbocycles. The number of amides is 1. The van der Waals surface area contributed by atoms with Crippen LogP contribution in [0, 0.1) is 0 Å². The molecule has 1 amide bonds. The number of rotatable bonds is 5. The highest BCUT2D eigenvalue weighted by molar-refractivity contribution is 6.08. The number of ketones is 1. The Hall–Kier alpha value is -3.31. The maximum Gasteiger partial charge on any atom is 0.255 e. The van der Waals surface area contributed by atoms with Crippen LogP contribution in [0.2, 0.25) is 0 Å².